The highest BCUT2D eigenvalue weighted by Crippen LogP contribution is 2.20. The van der Waals surface area contributed by atoms with Crippen molar-refractivity contribution in [3.8, 4) is 0 Å². The van der Waals surface area contributed by atoms with E-state index in [0.717, 1.165) is 30.8 Å². The van der Waals surface area contributed by atoms with Crippen LogP contribution < -0.4 is 10.6 Å². The van der Waals surface area contributed by atoms with Gasteiger partial charge < -0.3 is 10.6 Å². The van der Waals surface area contributed by atoms with E-state index in [2.05, 4.69) is 25.8 Å². The molecule has 21 heavy (non-hydrogen) atoms. The minimum atomic E-state index is -0.214. The lowest BCUT2D eigenvalue weighted by Gasteiger charge is -2.21. The molecular formula is C15H17N5O. The van der Waals surface area contributed by atoms with Crippen molar-refractivity contribution in [1.82, 2.24) is 25.8 Å². The quantitative estimate of drug-likeness (QED) is 0.869. The molecule has 108 valence electrons. The van der Waals surface area contributed by atoms with Crippen LogP contribution in [0.5, 0.6) is 0 Å². The van der Waals surface area contributed by atoms with E-state index in [-0.39, 0.29) is 5.91 Å². The lowest BCUT2D eigenvalue weighted by molar-refractivity contribution is 0.0944. The van der Waals surface area contributed by atoms with Crippen LogP contribution in [0.3, 0.4) is 0 Å². The minimum absolute atomic E-state index is 0.214. The zero-order valence-electron chi connectivity index (χ0n) is 11.9. The number of hydrogen-bond donors (Lipinski definition) is 2. The lowest BCUT2D eigenvalue weighted by atomic mass is 9.96. The van der Waals surface area contributed by atoms with Crippen LogP contribution in [0.4, 0.5) is 0 Å². The highest BCUT2D eigenvalue weighted by atomic mass is 16.1. The smallest absolute Gasteiger partial charge is 0.272 e. The highest BCUT2D eigenvalue weighted by molar-refractivity contribution is 5.91. The Morgan fingerprint density at radius 3 is 3.19 bits per heavy atom. The largest absolute Gasteiger partial charge is 0.346 e. The average Bonchev–Trinajstić information content (AvgIpc) is 2.54. The molecule has 3 rings (SSSR count). The van der Waals surface area contributed by atoms with Gasteiger partial charge in [-0.2, -0.15) is 5.10 Å². The molecule has 0 saturated heterocycles. The van der Waals surface area contributed by atoms with Gasteiger partial charge in [0.05, 0.1) is 0 Å². The highest BCUT2D eigenvalue weighted by Gasteiger charge is 2.16. The molecule has 0 radical (unpaired) electrons. The standard InChI is InChI=1S/C15H17N5O/c1-10-13(12-4-6-16-7-11(12)8-17-10)9-18-15(21)14-3-2-5-19-20-14/h2-3,5,8,16H,4,6-7,9H2,1H3,(H,18,21). The molecule has 1 amide bonds. The van der Waals surface area contributed by atoms with Gasteiger partial charge in [-0.25, -0.2) is 0 Å². The maximum Gasteiger partial charge on any atom is 0.272 e. The fourth-order valence-electron chi connectivity index (χ4n) is 2.56. The van der Waals surface area contributed by atoms with E-state index in [1.165, 1.54) is 11.1 Å². The maximum atomic E-state index is 12.1. The first-order chi connectivity index (χ1) is 10.3. The normalized spacial score (nSPS) is 13.6. The Morgan fingerprint density at radius 1 is 1.48 bits per heavy atom. The molecule has 0 saturated carbocycles. The number of nitrogens with one attached hydrogen (secondary N) is 2. The lowest BCUT2D eigenvalue weighted by Crippen LogP contribution is -2.29. The van der Waals surface area contributed by atoms with Crippen LogP contribution in [0.15, 0.2) is 24.5 Å². The third-order valence-electron chi connectivity index (χ3n) is 3.70. The Balaban J connectivity index is 1.78. The number of aromatic nitrogens is 3. The van der Waals surface area contributed by atoms with E-state index in [1.807, 2.05) is 13.1 Å². The molecule has 2 N–H and O–H groups in total. The minimum Gasteiger partial charge on any atom is -0.346 e. The fourth-order valence-corrected chi connectivity index (χ4v) is 2.56. The van der Waals surface area contributed by atoms with Gasteiger partial charge in [-0.05, 0) is 48.7 Å². The molecule has 0 fully saturated rings. The van der Waals surface area contributed by atoms with Gasteiger partial charge in [-0.15, -0.1) is 5.10 Å². The van der Waals surface area contributed by atoms with E-state index < -0.39 is 0 Å². The summed E-state index contributed by atoms with van der Waals surface area (Å²) in [4.78, 5) is 16.5. The van der Waals surface area contributed by atoms with Gasteiger partial charge in [0.1, 0.15) is 0 Å². The summed E-state index contributed by atoms with van der Waals surface area (Å²) in [5.74, 6) is -0.214. The zero-order valence-corrected chi connectivity index (χ0v) is 11.9. The Labute approximate surface area is 123 Å². The van der Waals surface area contributed by atoms with Crippen molar-refractivity contribution in [2.24, 2.45) is 0 Å². The van der Waals surface area contributed by atoms with E-state index in [1.54, 1.807) is 18.3 Å². The predicted molar refractivity (Wildman–Crippen MR) is 77.6 cm³/mol. The summed E-state index contributed by atoms with van der Waals surface area (Å²) < 4.78 is 0. The van der Waals surface area contributed by atoms with Crippen molar-refractivity contribution in [2.45, 2.75) is 26.4 Å². The molecule has 6 nitrogen and oxygen atoms in total. The van der Waals surface area contributed by atoms with Gasteiger partial charge in [-0.1, -0.05) is 0 Å². The van der Waals surface area contributed by atoms with E-state index in [9.17, 15) is 4.79 Å². The SMILES string of the molecule is Cc1ncc2c(c1CNC(=O)c1cccnn1)CCNC2. The second-order valence-electron chi connectivity index (χ2n) is 5.04. The molecule has 0 aromatic carbocycles. The molecule has 2 aromatic heterocycles. The summed E-state index contributed by atoms with van der Waals surface area (Å²) in [5, 5.41) is 13.8. The summed E-state index contributed by atoms with van der Waals surface area (Å²) in [6.45, 7) is 4.25. The monoisotopic (exact) mass is 283 g/mol. The van der Waals surface area contributed by atoms with Crippen molar-refractivity contribution >= 4 is 5.91 Å². The molecular weight excluding hydrogens is 266 g/mol. The first-order valence-electron chi connectivity index (χ1n) is 6.98. The van der Waals surface area contributed by atoms with Crippen molar-refractivity contribution < 1.29 is 4.79 Å². The summed E-state index contributed by atoms with van der Waals surface area (Å²) in [5.41, 5.74) is 4.94. The number of nitrogens with zero attached hydrogens (tertiary/aromatic N) is 3. The van der Waals surface area contributed by atoms with Crippen LogP contribution in [0, 0.1) is 6.92 Å². The summed E-state index contributed by atoms with van der Waals surface area (Å²) in [7, 11) is 0. The number of aryl methyl sites for hydroxylation is 1. The zero-order chi connectivity index (χ0) is 14.7. The predicted octanol–water partition coefficient (Wildman–Crippen LogP) is 0.756. The topological polar surface area (TPSA) is 79.8 Å². The number of carbonyl (C=O) groups is 1. The molecule has 0 atom stereocenters. The molecule has 2 aromatic rings. The number of pyridine rings is 1. The molecule has 3 heterocycles. The Hall–Kier alpha value is -2.34. The van der Waals surface area contributed by atoms with Crippen LogP contribution in [0.1, 0.15) is 32.9 Å². The van der Waals surface area contributed by atoms with Crippen LogP contribution in [-0.2, 0) is 19.5 Å². The summed E-state index contributed by atoms with van der Waals surface area (Å²) >= 11 is 0. The van der Waals surface area contributed by atoms with Crippen molar-refractivity contribution in [3.05, 3.63) is 52.6 Å². The Kier molecular flexibility index (Phi) is 3.87. The second-order valence-corrected chi connectivity index (χ2v) is 5.04. The molecule has 0 spiro atoms. The maximum absolute atomic E-state index is 12.1. The number of rotatable bonds is 3. The third-order valence-corrected chi connectivity index (χ3v) is 3.70. The van der Waals surface area contributed by atoms with Gasteiger partial charge >= 0.3 is 0 Å². The number of carbonyl (C=O) groups excluding carboxylic acids is 1. The second kappa shape index (κ2) is 5.97. The van der Waals surface area contributed by atoms with E-state index >= 15 is 0 Å². The molecule has 1 aliphatic heterocycles. The van der Waals surface area contributed by atoms with Gasteiger partial charge in [0, 0.05) is 31.2 Å². The van der Waals surface area contributed by atoms with Gasteiger partial charge in [0.15, 0.2) is 5.69 Å². The number of hydrogen-bond acceptors (Lipinski definition) is 5. The average molecular weight is 283 g/mol. The van der Waals surface area contributed by atoms with Crippen molar-refractivity contribution in [2.75, 3.05) is 6.54 Å². The molecule has 1 aliphatic rings. The van der Waals surface area contributed by atoms with Crippen molar-refractivity contribution in [3.63, 3.8) is 0 Å². The number of fused-ring (bicyclic) bond motifs is 1. The Morgan fingerprint density at radius 2 is 2.38 bits per heavy atom. The van der Waals surface area contributed by atoms with Gasteiger partial charge in [0.25, 0.3) is 5.91 Å². The van der Waals surface area contributed by atoms with E-state index in [4.69, 9.17) is 0 Å². The number of amides is 1. The summed E-state index contributed by atoms with van der Waals surface area (Å²) in [6, 6.07) is 3.35. The van der Waals surface area contributed by atoms with Crippen LogP contribution in [0.25, 0.3) is 0 Å². The van der Waals surface area contributed by atoms with Crippen molar-refractivity contribution in [1.29, 1.82) is 0 Å². The first kappa shape index (κ1) is 13.6. The van der Waals surface area contributed by atoms with Gasteiger partial charge in [-0.3, -0.25) is 9.78 Å². The molecule has 0 bridgehead atoms. The molecule has 0 unspecified atom stereocenters. The first-order valence-corrected chi connectivity index (χ1v) is 6.98. The van der Waals surface area contributed by atoms with Gasteiger partial charge in [0.2, 0.25) is 0 Å². The van der Waals surface area contributed by atoms with E-state index in [0.29, 0.717) is 12.2 Å². The Bertz CT molecular complexity index is 657. The molecule has 0 aliphatic carbocycles. The van der Waals surface area contributed by atoms with Crippen LogP contribution in [-0.4, -0.2) is 27.6 Å². The fraction of sp³-hybridized carbons (Fsp3) is 0.333. The van der Waals surface area contributed by atoms with Crippen LogP contribution >= 0.6 is 0 Å². The van der Waals surface area contributed by atoms with Crippen LogP contribution in [0.2, 0.25) is 0 Å². The third kappa shape index (κ3) is 2.90. The summed E-state index contributed by atoms with van der Waals surface area (Å²) in [6.07, 6.45) is 4.44. The molecule has 6 heteroatoms.